The van der Waals surface area contributed by atoms with Crippen molar-refractivity contribution in [2.45, 2.75) is 12.8 Å². The molecule has 88 valence electrons. The van der Waals surface area contributed by atoms with Gasteiger partial charge in [0.25, 0.3) is 0 Å². The molecular formula is C14H16N2O. The Morgan fingerprint density at radius 3 is 2.53 bits per heavy atom. The van der Waals surface area contributed by atoms with Gasteiger partial charge in [0, 0.05) is 12.3 Å². The molecule has 0 fully saturated rings. The number of aromatic nitrogens is 1. The van der Waals surface area contributed by atoms with Crippen LogP contribution >= 0.6 is 0 Å². The first-order valence-corrected chi connectivity index (χ1v) is 5.76. The van der Waals surface area contributed by atoms with Crippen molar-refractivity contribution in [2.24, 2.45) is 5.73 Å². The summed E-state index contributed by atoms with van der Waals surface area (Å²) in [6.07, 6.45) is 3.80. The fourth-order valence-corrected chi connectivity index (χ4v) is 1.53. The Bertz CT molecular complexity index is 440. The lowest BCUT2D eigenvalue weighted by Crippen LogP contribution is -2.00. The molecule has 2 N–H and O–H groups in total. The van der Waals surface area contributed by atoms with Crippen molar-refractivity contribution in [3.05, 3.63) is 54.2 Å². The van der Waals surface area contributed by atoms with E-state index in [0.717, 1.165) is 18.6 Å². The van der Waals surface area contributed by atoms with E-state index < -0.39 is 0 Å². The first kappa shape index (κ1) is 11.6. The van der Waals surface area contributed by atoms with E-state index >= 15 is 0 Å². The van der Waals surface area contributed by atoms with Gasteiger partial charge in [0.05, 0.1) is 0 Å². The quantitative estimate of drug-likeness (QED) is 0.856. The summed E-state index contributed by atoms with van der Waals surface area (Å²) in [6.45, 7) is 0.711. The Kier molecular flexibility index (Phi) is 4.11. The van der Waals surface area contributed by atoms with E-state index in [1.807, 2.05) is 48.7 Å². The highest BCUT2D eigenvalue weighted by molar-refractivity contribution is 5.27. The van der Waals surface area contributed by atoms with E-state index in [0.29, 0.717) is 12.4 Å². The normalized spacial score (nSPS) is 10.2. The van der Waals surface area contributed by atoms with E-state index in [2.05, 4.69) is 4.98 Å². The van der Waals surface area contributed by atoms with Gasteiger partial charge >= 0.3 is 0 Å². The second kappa shape index (κ2) is 6.01. The first-order chi connectivity index (χ1) is 8.38. The molecule has 0 saturated carbocycles. The maximum Gasteiger partial charge on any atom is 0.219 e. The topological polar surface area (TPSA) is 48.1 Å². The van der Waals surface area contributed by atoms with Crippen LogP contribution in [0.15, 0.2) is 48.7 Å². The number of rotatable bonds is 5. The number of hydrogen-bond acceptors (Lipinski definition) is 3. The fourth-order valence-electron chi connectivity index (χ4n) is 1.53. The van der Waals surface area contributed by atoms with Crippen LogP contribution in [-0.4, -0.2) is 11.5 Å². The summed E-state index contributed by atoms with van der Waals surface area (Å²) >= 11 is 0. The molecule has 0 amide bonds. The van der Waals surface area contributed by atoms with Crippen molar-refractivity contribution >= 4 is 0 Å². The maximum absolute atomic E-state index is 5.60. The van der Waals surface area contributed by atoms with Gasteiger partial charge in [0.2, 0.25) is 5.88 Å². The minimum absolute atomic E-state index is 0.618. The van der Waals surface area contributed by atoms with E-state index in [4.69, 9.17) is 10.5 Å². The molecule has 2 rings (SSSR count). The molecule has 0 aliphatic carbocycles. The second-order valence-electron chi connectivity index (χ2n) is 3.81. The number of para-hydroxylation sites is 1. The average molecular weight is 228 g/mol. The van der Waals surface area contributed by atoms with Gasteiger partial charge in [0.15, 0.2) is 0 Å². The standard InChI is InChI=1S/C14H16N2O/c15-10-4-5-12-8-9-14(16-11-12)17-13-6-2-1-3-7-13/h1-3,6-9,11H,4-5,10,15H2. The van der Waals surface area contributed by atoms with Crippen LogP contribution < -0.4 is 10.5 Å². The fraction of sp³-hybridized carbons (Fsp3) is 0.214. The number of ether oxygens (including phenoxy) is 1. The summed E-state index contributed by atoms with van der Waals surface area (Å²) in [7, 11) is 0. The van der Waals surface area contributed by atoms with Crippen LogP contribution in [0.3, 0.4) is 0 Å². The Morgan fingerprint density at radius 2 is 1.88 bits per heavy atom. The number of nitrogens with two attached hydrogens (primary N) is 1. The molecule has 1 aromatic heterocycles. The van der Waals surface area contributed by atoms with Crippen molar-refractivity contribution in [1.82, 2.24) is 4.98 Å². The predicted octanol–water partition coefficient (Wildman–Crippen LogP) is 2.77. The van der Waals surface area contributed by atoms with Gasteiger partial charge in [0.1, 0.15) is 5.75 Å². The summed E-state index contributed by atoms with van der Waals surface area (Å²) in [5, 5.41) is 0. The molecule has 0 aliphatic rings. The van der Waals surface area contributed by atoms with Gasteiger partial charge in [-0.3, -0.25) is 0 Å². The molecule has 1 aromatic carbocycles. The van der Waals surface area contributed by atoms with Crippen LogP contribution in [-0.2, 0) is 6.42 Å². The molecule has 0 spiro atoms. The lowest BCUT2D eigenvalue weighted by atomic mass is 10.1. The second-order valence-corrected chi connectivity index (χ2v) is 3.81. The zero-order valence-corrected chi connectivity index (χ0v) is 9.67. The van der Waals surface area contributed by atoms with Crippen molar-refractivity contribution in [3.8, 4) is 11.6 Å². The molecule has 0 bridgehead atoms. The van der Waals surface area contributed by atoms with Crippen molar-refractivity contribution in [3.63, 3.8) is 0 Å². The molecule has 2 aromatic rings. The zero-order valence-electron chi connectivity index (χ0n) is 9.67. The Hall–Kier alpha value is -1.87. The molecule has 17 heavy (non-hydrogen) atoms. The van der Waals surface area contributed by atoms with Gasteiger partial charge in [-0.2, -0.15) is 0 Å². The van der Waals surface area contributed by atoms with E-state index in [-0.39, 0.29) is 0 Å². The summed E-state index contributed by atoms with van der Waals surface area (Å²) in [5.41, 5.74) is 6.65. The highest BCUT2D eigenvalue weighted by Gasteiger charge is 1.98. The highest BCUT2D eigenvalue weighted by Crippen LogP contribution is 2.18. The summed E-state index contributed by atoms with van der Waals surface area (Å²) in [5.74, 6) is 1.42. The largest absolute Gasteiger partial charge is 0.439 e. The Labute approximate surface area is 101 Å². The van der Waals surface area contributed by atoms with Crippen molar-refractivity contribution < 1.29 is 4.74 Å². The van der Waals surface area contributed by atoms with E-state index in [1.54, 1.807) is 0 Å². The monoisotopic (exact) mass is 228 g/mol. The van der Waals surface area contributed by atoms with Crippen molar-refractivity contribution in [2.75, 3.05) is 6.54 Å². The van der Waals surface area contributed by atoms with Gasteiger partial charge < -0.3 is 10.5 Å². The number of hydrogen-bond donors (Lipinski definition) is 1. The molecule has 0 saturated heterocycles. The zero-order chi connectivity index (χ0) is 11.9. The smallest absolute Gasteiger partial charge is 0.219 e. The van der Waals surface area contributed by atoms with Crippen LogP contribution in [0, 0.1) is 0 Å². The summed E-state index contributed by atoms with van der Waals surface area (Å²) in [4.78, 5) is 4.26. The average Bonchev–Trinajstić information content (AvgIpc) is 2.39. The SMILES string of the molecule is NCCCc1ccc(Oc2ccccc2)nc1. The number of aryl methyl sites for hydroxylation is 1. The Morgan fingerprint density at radius 1 is 1.06 bits per heavy atom. The maximum atomic E-state index is 5.60. The lowest BCUT2D eigenvalue weighted by Gasteiger charge is -2.05. The molecular weight excluding hydrogens is 212 g/mol. The number of nitrogens with zero attached hydrogens (tertiary/aromatic N) is 1. The minimum atomic E-state index is 0.618. The molecule has 0 unspecified atom stereocenters. The third-order valence-electron chi connectivity index (χ3n) is 2.43. The molecule has 0 atom stereocenters. The molecule has 3 heteroatoms. The van der Waals surface area contributed by atoms with Crippen LogP contribution in [0.2, 0.25) is 0 Å². The van der Waals surface area contributed by atoms with E-state index in [9.17, 15) is 0 Å². The van der Waals surface area contributed by atoms with Crippen LogP contribution in [0.5, 0.6) is 11.6 Å². The van der Waals surface area contributed by atoms with Gasteiger partial charge in [-0.25, -0.2) is 4.98 Å². The molecule has 0 radical (unpaired) electrons. The number of pyridine rings is 1. The van der Waals surface area contributed by atoms with Crippen LogP contribution in [0.1, 0.15) is 12.0 Å². The highest BCUT2D eigenvalue weighted by atomic mass is 16.5. The third kappa shape index (κ3) is 3.57. The molecule has 0 aliphatic heterocycles. The summed E-state index contributed by atoms with van der Waals surface area (Å²) < 4.78 is 5.60. The summed E-state index contributed by atoms with van der Waals surface area (Å²) in [6, 6.07) is 13.6. The first-order valence-electron chi connectivity index (χ1n) is 5.76. The third-order valence-corrected chi connectivity index (χ3v) is 2.43. The van der Waals surface area contributed by atoms with Crippen molar-refractivity contribution in [1.29, 1.82) is 0 Å². The molecule has 3 nitrogen and oxygen atoms in total. The predicted molar refractivity (Wildman–Crippen MR) is 68.1 cm³/mol. The Balaban J connectivity index is 1.98. The lowest BCUT2D eigenvalue weighted by molar-refractivity contribution is 0.462. The minimum Gasteiger partial charge on any atom is -0.439 e. The number of benzene rings is 1. The van der Waals surface area contributed by atoms with Crippen LogP contribution in [0.25, 0.3) is 0 Å². The van der Waals surface area contributed by atoms with Gasteiger partial charge in [-0.05, 0) is 37.1 Å². The van der Waals surface area contributed by atoms with Gasteiger partial charge in [-0.15, -0.1) is 0 Å². The van der Waals surface area contributed by atoms with Crippen LogP contribution in [0.4, 0.5) is 0 Å². The molecule has 1 heterocycles. The van der Waals surface area contributed by atoms with Gasteiger partial charge in [-0.1, -0.05) is 24.3 Å². The van der Waals surface area contributed by atoms with E-state index in [1.165, 1.54) is 5.56 Å².